The van der Waals surface area contributed by atoms with Crippen molar-refractivity contribution >= 4 is 17.2 Å². The molecule has 1 rings (SSSR count). The Morgan fingerprint density at radius 1 is 1.73 bits per heavy atom. The largest absolute Gasteiger partial charge is 0.340 e. The van der Waals surface area contributed by atoms with E-state index in [1.165, 1.54) is 0 Å². The van der Waals surface area contributed by atoms with E-state index < -0.39 is 5.92 Å². The summed E-state index contributed by atoms with van der Waals surface area (Å²) in [6.45, 7) is 2.44. The number of amides is 1. The van der Waals surface area contributed by atoms with E-state index in [1.807, 2.05) is 29.8 Å². The van der Waals surface area contributed by atoms with Crippen LogP contribution in [0.1, 0.15) is 18.9 Å². The SMILES string of the molecule is CCC(C#N)C(=O)N(C)Cc1ccsc1. The van der Waals surface area contributed by atoms with Gasteiger partial charge in [-0.25, -0.2) is 0 Å². The molecule has 1 unspecified atom stereocenters. The standard InChI is InChI=1S/C11H14N2OS/c1-3-10(6-12)11(14)13(2)7-9-4-5-15-8-9/h4-5,8,10H,3,7H2,1-2H3. The lowest BCUT2D eigenvalue weighted by atomic mass is 10.1. The summed E-state index contributed by atoms with van der Waals surface area (Å²) in [4.78, 5) is 13.3. The third-order valence-corrected chi connectivity index (χ3v) is 2.97. The fourth-order valence-corrected chi connectivity index (χ4v) is 1.98. The molecule has 1 heterocycles. The van der Waals surface area contributed by atoms with Crippen LogP contribution in [0, 0.1) is 17.2 Å². The lowest BCUT2D eigenvalue weighted by Gasteiger charge is -2.18. The van der Waals surface area contributed by atoms with E-state index in [2.05, 4.69) is 0 Å². The number of hydrogen-bond acceptors (Lipinski definition) is 3. The summed E-state index contributed by atoms with van der Waals surface area (Å²) in [5.74, 6) is -0.597. The van der Waals surface area contributed by atoms with Gasteiger partial charge in [0, 0.05) is 13.6 Å². The third-order valence-electron chi connectivity index (χ3n) is 2.24. The minimum absolute atomic E-state index is 0.0915. The van der Waals surface area contributed by atoms with Crippen LogP contribution < -0.4 is 0 Å². The topological polar surface area (TPSA) is 44.1 Å². The third kappa shape index (κ3) is 3.07. The van der Waals surface area contributed by atoms with E-state index in [1.54, 1.807) is 23.3 Å². The fourth-order valence-electron chi connectivity index (χ4n) is 1.32. The highest BCUT2D eigenvalue weighted by atomic mass is 32.1. The Balaban J connectivity index is 2.57. The van der Waals surface area contributed by atoms with Crippen LogP contribution in [-0.2, 0) is 11.3 Å². The lowest BCUT2D eigenvalue weighted by Crippen LogP contribution is -2.31. The lowest BCUT2D eigenvalue weighted by molar-refractivity contribution is -0.133. The van der Waals surface area contributed by atoms with Gasteiger partial charge in [-0.2, -0.15) is 16.6 Å². The number of hydrogen-bond donors (Lipinski definition) is 0. The summed E-state index contributed by atoms with van der Waals surface area (Å²) in [5, 5.41) is 12.8. The molecule has 0 aliphatic carbocycles. The minimum atomic E-state index is -0.506. The normalized spacial score (nSPS) is 11.8. The van der Waals surface area contributed by atoms with Gasteiger partial charge >= 0.3 is 0 Å². The molecule has 0 aliphatic rings. The highest BCUT2D eigenvalue weighted by Gasteiger charge is 2.19. The van der Waals surface area contributed by atoms with Crippen LogP contribution in [0.3, 0.4) is 0 Å². The first-order valence-corrected chi connectivity index (χ1v) is 5.79. The van der Waals surface area contributed by atoms with Crippen LogP contribution in [0.15, 0.2) is 16.8 Å². The van der Waals surface area contributed by atoms with E-state index >= 15 is 0 Å². The summed E-state index contributed by atoms with van der Waals surface area (Å²) in [6.07, 6.45) is 0.573. The Bertz CT molecular complexity index is 353. The number of carbonyl (C=O) groups excluding carboxylic acids is 1. The van der Waals surface area contributed by atoms with E-state index in [0.29, 0.717) is 13.0 Å². The Morgan fingerprint density at radius 2 is 2.47 bits per heavy atom. The summed E-state index contributed by atoms with van der Waals surface area (Å²) in [6, 6.07) is 4.01. The summed E-state index contributed by atoms with van der Waals surface area (Å²) >= 11 is 1.61. The predicted octanol–water partition coefficient (Wildman–Crippen LogP) is 2.26. The second kappa shape index (κ2) is 5.52. The van der Waals surface area contributed by atoms with Crippen LogP contribution in [-0.4, -0.2) is 17.9 Å². The molecule has 0 saturated carbocycles. The Morgan fingerprint density at radius 3 is 2.93 bits per heavy atom. The highest BCUT2D eigenvalue weighted by Crippen LogP contribution is 2.11. The highest BCUT2D eigenvalue weighted by molar-refractivity contribution is 7.07. The van der Waals surface area contributed by atoms with Gasteiger partial charge in [-0.3, -0.25) is 4.79 Å². The van der Waals surface area contributed by atoms with Crippen molar-refractivity contribution in [3.05, 3.63) is 22.4 Å². The van der Waals surface area contributed by atoms with Crippen LogP contribution in [0.5, 0.6) is 0 Å². The van der Waals surface area contributed by atoms with Gasteiger partial charge in [0.2, 0.25) is 5.91 Å². The molecule has 0 N–H and O–H groups in total. The monoisotopic (exact) mass is 222 g/mol. The zero-order valence-electron chi connectivity index (χ0n) is 8.93. The molecule has 80 valence electrons. The van der Waals surface area contributed by atoms with Gasteiger partial charge in [-0.15, -0.1) is 0 Å². The maximum atomic E-state index is 11.7. The average Bonchev–Trinajstić information content (AvgIpc) is 2.72. The van der Waals surface area contributed by atoms with Crippen LogP contribution in [0.4, 0.5) is 0 Å². The Kier molecular flexibility index (Phi) is 4.32. The van der Waals surface area contributed by atoms with Crippen molar-refractivity contribution < 1.29 is 4.79 Å². The van der Waals surface area contributed by atoms with Crippen LogP contribution in [0.2, 0.25) is 0 Å². The maximum absolute atomic E-state index is 11.7. The van der Waals surface area contributed by atoms with Gasteiger partial charge in [0.1, 0.15) is 5.92 Å². The van der Waals surface area contributed by atoms with Crippen molar-refractivity contribution in [1.29, 1.82) is 5.26 Å². The predicted molar refractivity (Wildman–Crippen MR) is 60.2 cm³/mol. The van der Waals surface area contributed by atoms with Crippen molar-refractivity contribution in [2.45, 2.75) is 19.9 Å². The van der Waals surface area contributed by atoms with Gasteiger partial charge < -0.3 is 4.90 Å². The molecule has 0 fully saturated rings. The quantitative estimate of drug-likeness (QED) is 0.784. The maximum Gasteiger partial charge on any atom is 0.239 e. The van der Waals surface area contributed by atoms with Crippen molar-refractivity contribution in [2.75, 3.05) is 7.05 Å². The molecule has 3 nitrogen and oxygen atoms in total. The van der Waals surface area contributed by atoms with E-state index in [4.69, 9.17) is 5.26 Å². The minimum Gasteiger partial charge on any atom is -0.340 e. The molecule has 15 heavy (non-hydrogen) atoms. The number of thiophene rings is 1. The second-order valence-electron chi connectivity index (χ2n) is 3.42. The molecule has 0 aliphatic heterocycles. The van der Waals surface area contributed by atoms with E-state index in [0.717, 1.165) is 5.56 Å². The number of nitrogens with zero attached hydrogens (tertiary/aromatic N) is 2. The van der Waals surface area contributed by atoms with Gasteiger partial charge in [0.05, 0.1) is 6.07 Å². The first kappa shape index (κ1) is 11.7. The number of nitriles is 1. The molecule has 1 aromatic heterocycles. The second-order valence-corrected chi connectivity index (χ2v) is 4.20. The Hall–Kier alpha value is -1.34. The molecule has 0 radical (unpaired) electrons. The summed E-state index contributed by atoms with van der Waals surface area (Å²) in [5.41, 5.74) is 1.11. The molecule has 1 amide bonds. The van der Waals surface area contributed by atoms with Crippen molar-refractivity contribution in [2.24, 2.45) is 5.92 Å². The zero-order valence-corrected chi connectivity index (χ0v) is 9.75. The molecule has 1 atom stereocenters. The number of rotatable bonds is 4. The zero-order chi connectivity index (χ0) is 11.3. The fraction of sp³-hybridized carbons (Fsp3) is 0.455. The molecule has 0 saturated heterocycles. The van der Waals surface area contributed by atoms with Crippen LogP contribution >= 0.6 is 11.3 Å². The van der Waals surface area contributed by atoms with Crippen molar-refractivity contribution in [3.63, 3.8) is 0 Å². The molecular formula is C11H14N2OS. The molecule has 0 spiro atoms. The molecule has 4 heteroatoms. The van der Waals surface area contributed by atoms with E-state index in [9.17, 15) is 4.79 Å². The molecule has 1 aromatic rings. The van der Waals surface area contributed by atoms with Crippen LogP contribution in [0.25, 0.3) is 0 Å². The van der Waals surface area contributed by atoms with Crippen molar-refractivity contribution in [1.82, 2.24) is 4.90 Å². The smallest absolute Gasteiger partial charge is 0.239 e. The summed E-state index contributed by atoms with van der Waals surface area (Å²) in [7, 11) is 1.74. The summed E-state index contributed by atoms with van der Waals surface area (Å²) < 4.78 is 0. The molecule has 0 aromatic carbocycles. The van der Waals surface area contributed by atoms with Gasteiger partial charge in [0.25, 0.3) is 0 Å². The van der Waals surface area contributed by atoms with Crippen molar-refractivity contribution in [3.8, 4) is 6.07 Å². The van der Waals surface area contributed by atoms with Gasteiger partial charge in [-0.1, -0.05) is 6.92 Å². The average molecular weight is 222 g/mol. The first-order chi connectivity index (χ1) is 7.19. The van der Waals surface area contributed by atoms with Gasteiger partial charge in [-0.05, 0) is 28.8 Å². The first-order valence-electron chi connectivity index (χ1n) is 4.84. The van der Waals surface area contributed by atoms with Gasteiger partial charge in [0.15, 0.2) is 0 Å². The van der Waals surface area contributed by atoms with E-state index in [-0.39, 0.29) is 5.91 Å². The molecular weight excluding hydrogens is 208 g/mol. The Labute approximate surface area is 93.9 Å². The number of carbonyl (C=O) groups is 1. The molecule has 0 bridgehead atoms.